The summed E-state index contributed by atoms with van der Waals surface area (Å²) in [4.78, 5) is 29.2. The maximum absolute atomic E-state index is 13.3. The molecule has 0 radical (unpaired) electrons. The van der Waals surface area contributed by atoms with Crippen LogP contribution in [0.3, 0.4) is 0 Å². The number of fused-ring (bicyclic) bond motifs is 5. The minimum Gasteiger partial charge on any atom is -0.508 e. The average molecular weight is 478 g/mol. The van der Waals surface area contributed by atoms with Crippen LogP contribution < -0.4 is 15.0 Å². The highest BCUT2D eigenvalue weighted by atomic mass is 16.5. The maximum Gasteiger partial charge on any atom is 0.244 e. The van der Waals surface area contributed by atoms with Crippen molar-refractivity contribution < 1.29 is 24.2 Å². The molecule has 4 aliphatic heterocycles. The lowest BCUT2D eigenvalue weighted by molar-refractivity contribution is -0.187. The van der Waals surface area contributed by atoms with Gasteiger partial charge in [-0.05, 0) is 56.9 Å². The molecular formula is C27H31N3O5. The maximum atomic E-state index is 13.3. The molecule has 2 aromatic rings. The third kappa shape index (κ3) is 3.94. The molecule has 2 amide bonds. The van der Waals surface area contributed by atoms with E-state index in [0.717, 1.165) is 37.2 Å². The van der Waals surface area contributed by atoms with Crippen LogP contribution in [-0.4, -0.2) is 59.7 Å². The molecule has 2 fully saturated rings. The molecule has 0 spiro atoms. The quantitative estimate of drug-likeness (QED) is 0.690. The van der Waals surface area contributed by atoms with Gasteiger partial charge in [0.2, 0.25) is 11.8 Å². The van der Waals surface area contributed by atoms with E-state index >= 15 is 0 Å². The lowest BCUT2D eigenvalue weighted by Gasteiger charge is -2.53. The summed E-state index contributed by atoms with van der Waals surface area (Å²) >= 11 is 0. The summed E-state index contributed by atoms with van der Waals surface area (Å²) < 4.78 is 13.0. The van der Waals surface area contributed by atoms with Crippen LogP contribution in [0.15, 0.2) is 42.5 Å². The summed E-state index contributed by atoms with van der Waals surface area (Å²) in [7, 11) is 0. The highest BCUT2D eigenvalue weighted by Crippen LogP contribution is 2.53. The van der Waals surface area contributed by atoms with E-state index < -0.39 is 5.60 Å². The number of amides is 2. The van der Waals surface area contributed by atoms with Gasteiger partial charge in [-0.3, -0.25) is 19.4 Å². The molecule has 35 heavy (non-hydrogen) atoms. The highest BCUT2D eigenvalue weighted by molar-refractivity contribution is 6.10. The van der Waals surface area contributed by atoms with Crippen molar-refractivity contribution in [3.8, 4) is 11.5 Å². The lowest BCUT2D eigenvalue weighted by atomic mass is 9.70. The van der Waals surface area contributed by atoms with Crippen LogP contribution in [0.2, 0.25) is 0 Å². The SMILES string of the molecule is CC1(C)Oc2cc(O)ccc2[C@@H]2O[C@@H]3CCN(CC(=O)N4CC(=O)Nc5ccccc54)C[C@H]3C[C@H]21. The zero-order valence-electron chi connectivity index (χ0n) is 20.1. The second kappa shape index (κ2) is 8.24. The second-order valence-electron chi connectivity index (χ2n) is 10.7. The van der Waals surface area contributed by atoms with Crippen molar-refractivity contribution in [1.29, 1.82) is 0 Å². The number of hydrogen-bond acceptors (Lipinski definition) is 6. The normalized spacial score (nSPS) is 29.1. The van der Waals surface area contributed by atoms with Gasteiger partial charge in [0.05, 0.1) is 30.1 Å². The molecule has 8 nitrogen and oxygen atoms in total. The smallest absolute Gasteiger partial charge is 0.244 e. The van der Waals surface area contributed by atoms with Crippen molar-refractivity contribution in [2.45, 2.75) is 44.5 Å². The first-order valence-corrected chi connectivity index (χ1v) is 12.4. The molecule has 4 aliphatic rings. The van der Waals surface area contributed by atoms with E-state index in [0.29, 0.717) is 17.4 Å². The summed E-state index contributed by atoms with van der Waals surface area (Å²) in [5, 5.41) is 12.8. The van der Waals surface area contributed by atoms with Gasteiger partial charge in [-0.25, -0.2) is 0 Å². The number of anilines is 2. The van der Waals surface area contributed by atoms with Gasteiger partial charge < -0.3 is 19.9 Å². The number of carbonyl (C=O) groups excluding carboxylic acids is 2. The van der Waals surface area contributed by atoms with Crippen LogP contribution in [0, 0.1) is 11.8 Å². The van der Waals surface area contributed by atoms with E-state index in [1.54, 1.807) is 17.0 Å². The van der Waals surface area contributed by atoms with Crippen molar-refractivity contribution in [2.75, 3.05) is 36.4 Å². The van der Waals surface area contributed by atoms with Gasteiger partial charge in [0, 0.05) is 30.6 Å². The van der Waals surface area contributed by atoms with Gasteiger partial charge >= 0.3 is 0 Å². The molecule has 2 saturated heterocycles. The molecule has 0 aliphatic carbocycles. The number of nitrogens with zero attached hydrogens (tertiary/aromatic N) is 2. The highest BCUT2D eigenvalue weighted by Gasteiger charge is 2.51. The number of hydrogen-bond donors (Lipinski definition) is 2. The molecule has 2 aromatic carbocycles. The second-order valence-corrected chi connectivity index (χ2v) is 10.7. The predicted octanol–water partition coefficient (Wildman–Crippen LogP) is 3.32. The minimum atomic E-state index is -0.431. The Labute approximate surface area is 204 Å². The summed E-state index contributed by atoms with van der Waals surface area (Å²) in [6, 6.07) is 12.7. The number of carbonyl (C=O) groups is 2. The van der Waals surface area contributed by atoms with E-state index in [2.05, 4.69) is 24.1 Å². The van der Waals surface area contributed by atoms with Crippen molar-refractivity contribution >= 4 is 23.2 Å². The third-order valence-corrected chi connectivity index (χ3v) is 7.99. The lowest BCUT2D eigenvalue weighted by Crippen LogP contribution is -2.56. The molecular weight excluding hydrogens is 446 g/mol. The number of para-hydroxylation sites is 2. The minimum absolute atomic E-state index is 0.0447. The van der Waals surface area contributed by atoms with Gasteiger partial charge in [0.25, 0.3) is 0 Å². The molecule has 6 rings (SSSR count). The van der Waals surface area contributed by atoms with Crippen molar-refractivity contribution in [1.82, 2.24) is 4.90 Å². The number of phenols is 1. The number of phenolic OH excluding ortho intramolecular Hbond substituents is 1. The third-order valence-electron chi connectivity index (χ3n) is 7.99. The summed E-state index contributed by atoms with van der Waals surface area (Å²) in [5.74, 6) is 1.14. The van der Waals surface area contributed by atoms with Crippen molar-refractivity contribution in [2.24, 2.45) is 11.8 Å². The fourth-order valence-corrected chi connectivity index (χ4v) is 6.24. The number of nitrogens with one attached hydrogen (secondary N) is 1. The van der Waals surface area contributed by atoms with Crippen LogP contribution in [0.4, 0.5) is 11.4 Å². The largest absolute Gasteiger partial charge is 0.508 e. The number of aromatic hydroxyl groups is 1. The molecule has 4 atom stereocenters. The molecule has 0 unspecified atom stereocenters. The fourth-order valence-electron chi connectivity index (χ4n) is 6.24. The van der Waals surface area contributed by atoms with Crippen LogP contribution in [0.5, 0.6) is 11.5 Å². The van der Waals surface area contributed by atoms with Crippen molar-refractivity contribution in [3.63, 3.8) is 0 Å². The van der Waals surface area contributed by atoms with Crippen molar-refractivity contribution in [3.05, 3.63) is 48.0 Å². The molecule has 184 valence electrons. The van der Waals surface area contributed by atoms with E-state index in [1.165, 1.54) is 0 Å². The Kier molecular flexibility index (Phi) is 5.27. The Hall–Kier alpha value is -3.10. The van der Waals surface area contributed by atoms with E-state index in [9.17, 15) is 14.7 Å². The van der Waals surface area contributed by atoms with Crippen LogP contribution >= 0.6 is 0 Å². The predicted molar refractivity (Wildman–Crippen MR) is 131 cm³/mol. The van der Waals surface area contributed by atoms with Gasteiger partial charge in [0.1, 0.15) is 23.6 Å². The molecule has 0 saturated carbocycles. The Bertz CT molecular complexity index is 1180. The average Bonchev–Trinajstić information content (AvgIpc) is 2.82. The molecule has 0 aromatic heterocycles. The van der Waals surface area contributed by atoms with Gasteiger partial charge in [-0.2, -0.15) is 0 Å². The number of benzene rings is 2. The monoisotopic (exact) mass is 477 g/mol. The number of rotatable bonds is 2. The zero-order chi connectivity index (χ0) is 24.3. The molecule has 8 heteroatoms. The fraction of sp³-hybridized carbons (Fsp3) is 0.481. The summed E-state index contributed by atoms with van der Waals surface area (Å²) in [6.07, 6.45) is 1.86. The number of piperidine rings is 1. The first-order valence-electron chi connectivity index (χ1n) is 12.4. The van der Waals surface area contributed by atoms with Crippen LogP contribution in [0.25, 0.3) is 0 Å². The summed E-state index contributed by atoms with van der Waals surface area (Å²) in [5.41, 5.74) is 2.00. The first kappa shape index (κ1) is 22.4. The Morgan fingerprint density at radius 3 is 2.91 bits per heavy atom. The number of likely N-dealkylation sites (tertiary alicyclic amines) is 1. The molecule has 0 bridgehead atoms. The topological polar surface area (TPSA) is 91.3 Å². The van der Waals surface area contributed by atoms with Crippen LogP contribution in [-0.2, 0) is 14.3 Å². The molecule has 2 N–H and O–H groups in total. The van der Waals surface area contributed by atoms with E-state index in [4.69, 9.17) is 9.47 Å². The van der Waals surface area contributed by atoms with Gasteiger partial charge in [-0.1, -0.05) is 12.1 Å². The standard InChI is InChI=1S/C27H31N3O5/c1-27(2)19-11-16-13-29(15-25(33)30-14-24(32)28-20-5-3-4-6-21(20)30)10-9-22(16)34-26(19)18-8-7-17(31)12-23(18)35-27/h3-8,12,16,19,22,26,31H,9-11,13-15H2,1-2H3,(H,28,32)/t16-,19-,22-,26+/m1/s1. The first-order chi connectivity index (χ1) is 16.8. The zero-order valence-corrected chi connectivity index (χ0v) is 20.1. The van der Waals surface area contributed by atoms with E-state index in [-0.39, 0.29) is 48.8 Å². The Balaban J connectivity index is 1.17. The summed E-state index contributed by atoms with van der Waals surface area (Å²) in [6.45, 7) is 6.05. The number of ether oxygens (including phenoxy) is 2. The van der Waals surface area contributed by atoms with Gasteiger partial charge in [-0.15, -0.1) is 0 Å². The Morgan fingerprint density at radius 2 is 2.06 bits per heavy atom. The van der Waals surface area contributed by atoms with Gasteiger partial charge in [0.15, 0.2) is 0 Å². The van der Waals surface area contributed by atoms with E-state index in [1.807, 2.05) is 30.3 Å². The Morgan fingerprint density at radius 1 is 1.23 bits per heavy atom. The van der Waals surface area contributed by atoms with Crippen LogP contribution in [0.1, 0.15) is 38.4 Å². The molecule has 4 heterocycles.